The van der Waals surface area contributed by atoms with Gasteiger partial charge in [-0.05, 0) is 12.1 Å². The summed E-state index contributed by atoms with van der Waals surface area (Å²) < 4.78 is 28.9. The molecular formula is C15H15F2N7. The second-order valence-electron chi connectivity index (χ2n) is 5.65. The molecule has 1 saturated heterocycles. The van der Waals surface area contributed by atoms with Crippen LogP contribution in [0.1, 0.15) is 0 Å². The Morgan fingerprint density at radius 1 is 1.00 bits per heavy atom. The molecule has 0 radical (unpaired) electrons. The fraction of sp³-hybridized carbons (Fsp3) is 0.333. The molecule has 0 atom stereocenters. The topological polar surface area (TPSA) is 63.0 Å². The van der Waals surface area contributed by atoms with E-state index in [9.17, 15) is 8.78 Å². The van der Waals surface area contributed by atoms with E-state index in [4.69, 9.17) is 0 Å². The molecule has 9 heteroatoms. The zero-order valence-corrected chi connectivity index (χ0v) is 13.0. The minimum absolute atomic E-state index is 0.294. The van der Waals surface area contributed by atoms with Gasteiger partial charge in [0.1, 0.15) is 18.0 Å². The molecule has 0 spiro atoms. The van der Waals surface area contributed by atoms with E-state index in [1.807, 2.05) is 4.90 Å². The molecule has 2 aromatic heterocycles. The Kier molecular flexibility index (Phi) is 3.47. The summed E-state index contributed by atoms with van der Waals surface area (Å²) in [6.45, 7) is 2.37. The van der Waals surface area contributed by atoms with Gasteiger partial charge >= 0.3 is 0 Å². The zero-order chi connectivity index (χ0) is 16.7. The van der Waals surface area contributed by atoms with Gasteiger partial charge in [0.05, 0.1) is 5.69 Å². The molecule has 0 saturated carbocycles. The van der Waals surface area contributed by atoms with Gasteiger partial charge in [0.25, 0.3) is 0 Å². The lowest BCUT2D eigenvalue weighted by molar-refractivity contribution is 0.579. The molecule has 7 nitrogen and oxygen atoms in total. The zero-order valence-electron chi connectivity index (χ0n) is 13.0. The van der Waals surface area contributed by atoms with Crippen LogP contribution in [0, 0.1) is 11.6 Å². The van der Waals surface area contributed by atoms with E-state index in [0.717, 1.165) is 12.1 Å². The molecule has 0 aliphatic carbocycles. The summed E-state index contributed by atoms with van der Waals surface area (Å²) in [7, 11) is 1.77. The van der Waals surface area contributed by atoms with Gasteiger partial charge in [-0.3, -0.25) is 0 Å². The maximum Gasteiger partial charge on any atom is 0.183 e. The Bertz CT molecular complexity index is 887. The lowest BCUT2D eigenvalue weighted by atomic mass is 10.2. The summed E-state index contributed by atoms with van der Waals surface area (Å²) in [4.78, 5) is 12.4. The first kappa shape index (κ1) is 14.7. The van der Waals surface area contributed by atoms with Crippen LogP contribution in [0.3, 0.4) is 0 Å². The van der Waals surface area contributed by atoms with Crippen molar-refractivity contribution in [1.82, 2.24) is 25.0 Å². The highest BCUT2D eigenvalue weighted by Crippen LogP contribution is 2.25. The van der Waals surface area contributed by atoms with Crippen molar-refractivity contribution in [3.63, 3.8) is 0 Å². The third-order valence-electron chi connectivity index (χ3n) is 4.20. The van der Waals surface area contributed by atoms with Crippen molar-refractivity contribution in [2.24, 2.45) is 7.05 Å². The van der Waals surface area contributed by atoms with Gasteiger partial charge in [0.2, 0.25) is 0 Å². The summed E-state index contributed by atoms with van der Waals surface area (Å²) in [5, 5.41) is 8.09. The SMILES string of the molecule is Cn1nnc2c(N3CCN(c4cc(F)ccc4F)CC3)ncnc21. The predicted molar refractivity (Wildman–Crippen MR) is 84.9 cm³/mol. The van der Waals surface area contributed by atoms with Crippen LogP contribution in [0.2, 0.25) is 0 Å². The number of anilines is 2. The van der Waals surface area contributed by atoms with Crippen LogP contribution in [-0.2, 0) is 7.05 Å². The number of hydrogen-bond donors (Lipinski definition) is 0. The van der Waals surface area contributed by atoms with Crippen LogP contribution in [0.15, 0.2) is 24.5 Å². The minimum atomic E-state index is -0.439. The molecular weight excluding hydrogens is 316 g/mol. The second-order valence-corrected chi connectivity index (χ2v) is 5.65. The molecule has 0 unspecified atom stereocenters. The quantitative estimate of drug-likeness (QED) is 0.707. The van der Waals surface area contributed by atoms with Crippen molar-refractivity contribution in [3.8, 4) is 0 Å². The van der Waals surface area contributed by atoms with Crippen LogP contribution >= 0.6 is 0 Å². The largest absolute Gasteiger partial charge is 0.366 e. The highest BCUT2D eigenvalue weighted by Gasteiger charge is 2.23. The summed E-state index contributed by atoms with van der Waals surface area (Å²) in [6, 6.07) is 3.52. The molecule has 0 bridgehead atoms. The van der Waals surface area contributed by atoms with Crippen LogP contribution in [0.5, 0.6) is 0 Å². The first-order valence-electron chi connectivity index (χ1n) is 7.59. The van der Waals surface area contributed by atoms with Gasteiger partial charge in [0.15, 0.2) is 17.0 Å². The van der Waals surface area contributed by atoms with Gasteiger partial charge in [-0.1, -0.05) is 5.21 Å². The molecule has 0 amide bonds. The van der Waals surface area contributed by atoms with E-state index in [1.165, 1.54) is 12.4 Å². The molecule has 1 fully saturated rings. The third-order valence-corrected chi connectivity index (χ3v) is 4.20. The van der Waals surface area contributed by atoms with Crippen molar-refractivity contribution in [3.05, 3.63) is 36.2 Å². The predicted octanol–water partition coefficient (Wildman–Crippen LogP) is 1.36. The van der Waals surface area contributed by atoms with Crippen molar-refractivity contribution in [2.75, 3.05) is 36.0 Å². The molecule has 3 aromatic rings. The Labute approximate surface area is 136 Å². The summed E-state index contributed by atoms with van der Waals surface area (Å²) in [5.41, 5.74) is 1.60. The monoisotopic (exact) mass is 331 g/mol. The van der Waals surface area contributed by atoms with Crippen molar-refractivity contribution in [1.29, 1.82) is 0 Å². The number of piperazine rings is 1. The number of rotatable bonds is 2. The van der Waals surface area contributed by atoms with E-state index < -0.39 is 11.6 Å². The normalized spacial score (nSPS) is 15.3. The van der Waals surface area contributed by atoms with E-state index in [0.29, 0.717) is 48.8 Å². The molecule has 1 aromatic carbocycles. The van der Waals surface area contributed by atoms with Gasteiger partial charge in [-0.15, -0.1) is 5.10 Å². The van der Waals surface area contributed by atoms with Crippen molar-refractivity contribution >= 4 is 22.7 Å². The van der Waals surface area contributed by atoms with E-state index >= 15 is 0 Å². The second kappa shape index (κ2) is 5.66. The van der Waals surface area contributed by atoms with E-state index in [-0.39, 0.29) is 0 Å². The number of aromatic nitrogens is 5. The number of nitrogens with zero attached hydrogens (tertiary/aromatic N) is 7. The maximum atomic E-state index is 13.9. The molecule has 4 rings (SSSR count). The Balaban J connectivity index is 1.56. The lowest BCUT2D eigenvalue weighted by Gasteiger charge is -2.36. The number of hydrogen-bond acceptors (Lipinski definition) is 6. The number of fused-ring (bicyclic) bond motifs is 1. The Hall–Kier alpha value is -2.84. The van der Waals surface area contributed by atoms with E-state index in [1.54, 1.807) is 11.7 Å². The average Bonchev–Trinajstić information content (AvgIpc) is 2.99. The summed E-state index contributed by atoms with van der Waals surface area (Å²) >= 11 is 0. The average molecular weight is 331 g/mol. The molecule has 0 N–H and O–H groups in total. The highest BCUT2D eigenvalue weighted by atomic mass is 19.1. The summed E-state index contributed by atoms with van der Waals surface area (Å²) in [6.07, 6.45) is 1.49. The number of benzene rings is 1. The number of aryl methyl sites for hydroxylation is 1. The van der Waals surface area contributed by atoms with Gasteiger partial charge in [-0.25, -0.2) is 23.4 Å². The molecule has 124 valence electrons. The van der Waals surface area contributed by atoms with Crippen LogP contribution in [0.25, 0.3) is 11.2 Å². The fourth-order valence-electron chi connectivity index (χ4n) is 2.96. The van der Waals surface area contributed by atoms with Crippen LogP contribution in [-0.4, -0.2) is 51.1 Å². The molecule has 24 heavy (non-hydrogen) atoms. The molecule has 1 aliphatic heterocycles. The van der Waals surface area contributed by atoms with Gasteiger partial charge in [-0.2, -0.15) is 0 Å². The van der Waals surface area contributed by atoms with Crippen molar-refractivity contribution in [2.45, 2.75) is 0 Å². The standard InChI is InChI=1S/C15H15F2N7/c1-22-14-13(20-21-22)15(19-9-18-14)24-6-4-23(5-7-24)12-8-10(16)2-3-11(12)17/h2-3,8-9H,4-7H2,1H3. The first-order valence-corrected chi connectivity index (χ1v) is 7.59. The Morgan fingerprint density at radius 3 is 2.54 bits per heavy atom. The molecule has 1 aliphatic rings. The van der Waals surface area contributed by atoms with E-state index in [2.05, 4.69) is 25.2 Å². The Morgan fingerprint density at radius 2 is 1.75 bits per heavy atom. The highest BCUT2D eigenvalue weighted by molar-refractivity contribution is 5.82. The van der Waals surface area contributed by atoms with Gasteiger partial charge in [0, 0.05) is 39.3 Å². The number of halogens is 2. The van der Waals surface area contributed by atoms with Gasteiger partial charge < -0.3 is 9.80 Å². The van der Waals surface area contributed by atoms with Crippen LogP contribution in [0.4, 0.5) is 20.3 Å². The summed E-state index contributed by atoms with van der Waals surface area (Å²) in [5.74, 6) is -0.137. The third kappa shape index (κ3) is 2.41. The fourth-order valence-corrected chi connectivity index (χ4v) is 2.96. The maximum absolute atomic E-state index is 13.9. The van der Waals surface area contributed by atoms with Crippen LogP contribution < -0.4 is 9.80 Å². The van der Waals surface area contributed by atoms with Crippen molar-refractivity contribution < 1.29 is 8.78 Å². The lowest BCUT2D eigenvalue weighted by Crippen LogP contribution is -2.47. The minimum Gasteiger partial charge on any atom is -0.366 e. The smallest absolute Gasteiger partial charge is 0.183 e. The first-order chi connectivity index (χ1) is 11.6. The molecule has 3 heterocycles.